The van der Waals surface area contributed by atoms with Crippen molar-refractivity contribution in [3.63, 3.8) is 0 Å². The van der Waals surface area contributed by atoms with E-state index in [4.69, 9.17) is 4.74 Å². The molecule has 0 heterocycles. The minimum Gasteiger partial charge on any atom is -0.461 e. The maximum Gasteiger partial charge on any atom is 0.338 e. The third kappa shape index (κ3) is 4.35. The highest BCUT2D eigenvalue weighted by molar-refractivity contribution is 5.89. The van der Waals surface area contributed by atoms with Crippen LogP contribution in [0, 0.1) is 50.7 Å². The molecule has 1 aromatic carbocycles. The second kappa shape index (κ2) is 10.6. The topological polar surface area (TPSA) is 46.5 Å². The van der Waals surface area contributed by atoms with Gasteiger partial charge in [0, 0.05) is 5.41 Å². The van der Waals surface area contributed by atoms with Crippen LogP contribution in [-0.4, -0.2) is 23.8 Å². The van der Waals surface area contributed by atoms with Crippen LogP contribution in [0.25, 0.3) is 0 Å². The van der Waals surface area contributed by atoms with Gasteiger partial charge in [-0.2, -0.15) is 0 Å². The molecule has 0 radical (unpaired) electrons. The number of aliphatic hydroxyl groups excluding tert-OH is 1. The first-order chi connectivity index (χ1) is 18.9. The Morgan fingerprint density at radius 2 is 1.57 bits per heavy atom. The fourth-order valence-corrected chi connectivity index (χ4v) is 11.8. The molecular weight excluding hydrogens is 492 g/mol. The quantitative estimate of drug-likeness (QED) is 0.302. The Morgan fingerprint density at radius 1 is 0.875 bits per heavy atom. The minimum atomic E-state index is -0.158. The Morgan fingerprint density at radius 3 is 2.27 bits per heavy atom. The molecule has 40 heavy (non-hydrogen) atoms. The lowest BCUT2D eigenvalue weighted by atomic mass is 9.32. The van der Waals surface area contributed by atoms with Crippen molar-refractivity contribution in [3.05, 3.63) is 48.6 Å². The predicted octanol–water partition coefficient (Wildman–Crippen LogP) is 9.25. The molecule has 9 atom stereocenters. The maximum absolute atomic E-state index is 12.9. The summed E-state index contributed by atoms with van der Waals surface area (Å²) in [4.78, 5) is 12.9. The van der Waals surface area contributed by atoms with Crippen LogP contribution in [0.4, 0.5) is 0 Å². The maximum atomic E-state index is 12.9. The molecule has 0 aromatic heterocycles. The fourth-order valence-electron chi connectivity index (χ4n) is 11.8. The van der Waals surface area contributed by atoms with E-state index in [-0.39, 0.29) is 22.9 Å². The first kappa shape index (κ1) is 29.9. The highest BCUT2D eigenvalue weighted by Crippen LogP contribution is 2.76. The van der Waals surface area contributed by atoms with Gasteiger partial charge in [0.2, 0.25) is 0 Å². The SMILES string of the molecule is C=CC.CC1(C)C(O)CCC2(C)C1CCC1(C)C2CCC2C3CCCC3(COC(=O)c3ccccc3)CC[C@]21C. The summed E-state index contributed by atoms with van der Waals surface area (Å²) in [5.74, 6) is 2.63. The third-order valence-corrected chi connectivity index (χ3v) is 14.0. The molecule has 5 fully saturated rings. The van der Waals surface area contributed by atoms with E-state index in [1.54, 1.807) is 6.08 Å². The van der Waals surface area contributed by atoms with Crippen molar-refractivity contribution in [2.24, 2.45) is 50.7 Å². The van der Waals surface area contributed by atoms with Gasteiger partial charge in [-0.3, -0.25) is 0 Å². The zero-order chi connectivity index (χ0) is 29.0. The van der Waals surface area contributed by atoms with E-state index < -0.39 is 0 Å². The summed E-state index contributed by atoms with van der Waals surface area (Å²) in [6.07, 6.45) is 15.3. The van der Waals surface area contributed by atoms with Crippen molar-refractivity contribution in [2.75, 3.05) is 6.61 Å². The second-order valence-corrected chi connectivity index (χ2v) is 15.8. The van der Waals surface area contributed by atoms with Gasteiger partial charge in [-0.1, -0.05) is 65.3 Å². The van der Waals surface area contributed by atoms with Crippen LogP contribution in [0.5, 0.6) is 0 Å². The van der Waals surface area contributed by atoms with Crippen LogP contribution < -0.4 is 0 Å². The molecule has 0 bridgehead atoms. The lowest BCUT2D eigenvalue weighted by Crippen LogP contribution is -2.66. The van der Waals surface area contributed by atoms with E-state index in [0.29, 0.717) is 40.3 Å². The average Bonchev–Trinajstić information content (AvgIpc) is 3.35. The Balaban J connectivity index is 0.00000103. The number of fused-ring (bicyclic) bond motifs is 7. The Bertz CT molecular complexity index is 1080. The van der Waals surface area contributed by atoms with Gasteiger partial charge in [0.1, 0.15) is 0 Å². The zero-order valence-electron chi connectivity index (χ0n) is 26.3. The van der Waals surface area contributed by atoms with Gasteiger partial charge >= 0.3 is 5.97 Å². The zero-order valence-corrected chi connectivity index (χ0v) is 26.3. The molecule has 8 unspecified atom stereocenters. The van der Waals surface area contributed by atoms with Crippen LogP contribution in [-0.2, 0) is 4.74 Å². The van der Waals surface area contributed by atoms with Gasteiger partial charge in [-0.25, -0.2) is 4.79 Å². The molecule has 5 aliphatic rings. The van der Waals surface area contributed by atoms with Crippen LogP contribution in [0.15, 0.2) is 43.0 Å². The third-order valence-electron chi connectivity index (χ3n) is 14.0. The molecule has 5 aliphatic carbocycles. The number of hydrogen-bond acceptors (Lipinski definition) is 3. The number of aliphatic hydroxyl groups is 1. The van der Waals surface area contributed by atoms with Crippen molar-refractivity contribution < 1.29 is 14.6 Å². The summed E-state index contributed by atoms with van der Waals surface area (Å²) in [5.41, 5.74) is 1.91. The largest absolute Gasteiger partial charge is 0.461 e. The molecule has 0 aliphatic heterocycles. The summed E-state index contributed by atoms with van der Waals surface area (Å²) in [6, 6.07) is 9.53. The standard InChI is InChI=1S/C34H50O3.C3H6/c1-30(2)26-15-19-33(5)27(31(26,3)18-16-28(30)35)14-13-24-25-12-9-17-34(25,21-20-32(24,33)4)22-37-29(36)23-10-7-6-8-11-23;1-3-2/h6-8,10-11,24-28,35H,9,12-22H2,1-5H3;3H,1H2,2H3/t24?,25?,26?,27?,28?,31?,32-,33?,34?;/m1./s1. The van der Waals surface area contributed by atoms with E-state index in [1.807, 2.05) is 37.3 Å². The summed E-state index contributed by atoms with van der Waals surface area (Å²) in [6.45, 7) is 18.5. The van der Waals surface area contributed by atoms with Crippen molar-refractivity contribution >= 4 is 5.97 Å². The number of allylic oxidation sites excluding steroid dienone is 1. The van der Waals surface area contributed by atoms with Crippen molar-refractivity contribution in [2.45, 2.75) is 118 Å². The number of rotatable bonds is 3. The summed E-state index contributed by atoms with van der Waals surface area (Å²) < 4.78 is 6.07. The van der Waals surface area contributed by atoms with E-state index in [1.165, 1.54) is 64.2 Å². The first-order valence-corrected chi connectivity index (χ1v) is 16.4. The number of benzene rings is 1. The molecule has 222 valence electrons. The van der Waals surface area contributed by atoms with Crippen molar-refractivity contribution in [3.8, 4) is 0 Å². The number of esters is 1. The smallest absolute Gasteiger partial charge is 0.338 e. The van der Waals surface area contributed by atoms with E-state index in [2.05, 4.69) is 41.2 Å². The molecule has 3 nitrogen and oxygen atoms in total. The lowest BCUT2D eigenvalue weighted by molar-refractivity contribution is -0.247. The summed E-state index contributed by atoms with van der Waals surface area (Å²) >= 11 is 0. The lowest BCUT2D eigenvalue weighted by Gasteiger charge is -2.72. The predicted molar refractivity (Wildman–Crippen MR) is 164 cm³/mol. The summed E-state index contributed by atoms with van der Waals surface area (Å²) in [7, 11) is 0. The number of carbonyl (C=O) groups excluding carboxylic acids is 1. The number of carbonyl (C=O) groups is 1. The molecule has 6 rings (SSSR count). The first-order valence-electron chi connectivity index (χ1n) is 16.4. The number of hydrogen-bond donors (Lipinski definition) is 1. The van der Waals surface area contributed by atoms with Gasteiger partial charge in [0.15, 0.2) is 0 Å². The second-order valence-electron chi connectivity index (χ2n) is 15.8. The van der Waals surface area contributed by atoms with Crippen molar-refractivity contribution in [1.29, 1.82) is 0 Å². The monoisotopic (exact) mass is 548 g/mol. The van der Waals surface area contributed by atoms with Crippen LogP contribution >= 0.6 is 0 Å². The highest BCUT2D eigenvalue weighted by Gasteiger charge is 2.69. The van der Waals surface area contributed by atoms with Gasteiger partial charge < -0.3 is 9.84 Å². The molecule has 1 N–H and O–H groups in total. The molecule has 5 saturated carbocycles. The fraction of sp³-hybridized carbons (Fsp3) is 0.757. The van der Waals surface area contributed by atoms with E-state index in [9.17, 15) is 9.90 Å². The van der Waals surface area contributed by atoms with Gasteiger partial charge in [0.05, 0.1) is 18.3 Å². The van der Waals surface area contributed by atoms with Crippen molar-refractivity contribution in [1.82, 2.24) is 0 Å². The molecular formula is C37H56O3. The summed E-state index contributed by atoms with van der Waals surface area (Å²) in [5, 5.41) is 10.9. The average molecular weight is 549 g/mol. The molecule has 0 amide bonds. The van der Waals surface area contributed by atoms with E-state index >= 15 is 0 Å². The molecule has 0 saturated heterocycles. The highest BCUT2D eigenvalue weighted by atomic mass is 16.5. The number of ether oxygens (including phenoxy) is 1. The minimum absolute atomic E-state index is 0.0158. The molecule has 3 heteroatoms. The Labute approximate surface area is 244 Å². The van der Waals surface area contributed by atoms with E-state index in [0.717, 1.165) is 18.3 Å². The normalized spacial score (nSPS) is 44.9. The van der Waals surface area contributed by atoms with Gasteiger partial charge in [-0.05, 0) is 129 Å². The van der Waals surface area contributed by atoms with Gasteiger partial charge in [0.25, 0.3) is 0 Å². The van der Waals surface area contributed by atoms with Crippen LogP contribution in [0.1, 0.15) is 123 Å². The van der Waals surface area contributed by atoms with Gasteiger partial charge in [-0.15, -0.1) is 6.58 Å². The Hall–Kier alpha value is -1.61. The van der Waals surface area contributed by atoms with Crippen LogP contribution in [0.3, 0.4) is 0 Å². The van der Waals surface area contributed by atoms with Crippen LogP contribution in [0.2, 0.25) is 0 Å². The Kier molecular flexibility index (Phi) is 7.90. The molecule has 0 spiro atoms. The molecule has 1 aromatic rings.